The summed E-state index contributed by atoms with van der Waals surface area (Å²) in [5.41, 5.74) is 0.418. The molecule has 1 aromatic carbocycles. The third-order valence-electron chi connectivity index (χ3n) is 3.06. The average molecular weight is 345 g/mol. The van der Waals surface area contributed by atoms with Gasteiger partial charge in [0.1, 0.15) is 17.1 Å². The molecule has 0 bridgehead atoms. The number of benzene rings is 1. The van der Waals surface area contributed by atoms with E-state index in [1.165, 1.54) is 7.11 Å². The maximum atomic E-state index is 11.7. The zero-order chi connectivity index (χ0) is 15.0. The number of halogens is 1. The second kappa shape index (κ2) is 8.84. The summed E-state index contributed by atoms with van der Waals surface area (Å²) in [7, 11) is 2.93. The summed E-state index contributed by atoms with van der Waals surface area (Å²) in [5.74, 6) is 1.32. The Bertz CT molecular complexity index is 434. The molecule has 0 amide bonds. The minimum atomic E-state index is -0.406. The van der Waals surface area contributed by atoms with Crippen LogP contribution in [0.4, 0.5) is 0 Å². The molecular formula is C15H21BrO4. The van der Waals surface area contributed by atoms with Crippen molar-refractivity contribution in [2.24, 2.45) is 5.92 Å². The van der Waals surface area contributed by atoms with Gasteiger partial charge in [0.25, 0.3) is 0 Å². The zero-order valence-corrected chi connectivity index (χ0v) is 13.7. The number of methoxy groups -OCH3 is 2. The Morgan fingerprint density at radius 2 is 2.05 bits per heavy atom. The minimum absolute atomic E-state index is 0.406. The number of alkyl halides is 1. The molecule has 0 fully saturated rings. The van der Waals surface area contributed by atoms with Gasteiger partial charge < -0.3 is 14.2 Å². The fourth-order valence-corrected chi connectivity index (χ4v) is 2.51. The molecule has 0 saturated heterocycles. The summed E-state index contributed by atoms with van der Waals surface area (Å²) in [6, 6.07) is 5.08. The van der Waals surface area contributed by atoms with Crippen LogP contribution in [0.1, 0.15) is 30.1 Å². The molecule has 1 rings (SSSR count). The molecule has 0 aliphatic heterocycles. The number of ether oxygens (including phenoxy) is 3. The number of carbonyl (C=O) groups excluding carboxylic acids is 1. The third kappa shape index (κ3) is 5.04. The molecule has 5 heteroatoms. The fraction of sp³-hybridized carbons (Fsp3) is 0.533. The highest BCUT2D eigenvalue weighted by atomic mass is 79.9. The first kappa shape index (κ1) is 16.8. The summed E-state index contributed by atoms with van der Waals surface area (Å²) < 4.78 is 15.6. The van der Waals surface area contributed by atoms with Crippen LogP contribution < -0.4 is 9.47 Å². The van der Waals surface area contributed by atoms with Gasteiger partial charge in [-0.05, 0) is 30.9 Å². The molecule has 20 heavy (non-hydrogen) atoms. The normalized spacial score (nSPS) is 11.8. The highest BCUT2D eigenvalue weighted by Crippen LogP contribution is 2.26. The van der Waals surface area contributed by atoms with E-state index in [9.17, 15) is 4.79 Å². The van der Waals surface area contributed by atoms with Gasteiger partial charge in [-0.2, -0.15) is 0 Å². The van der Waals surface area contributed by atoms with E-state index in [0.717, 1.165) is 18.2 Å². The molecule has 0 heterocycles. The van der Waals surface area contributed by atoms with Crippen molar-refractivity contribution in [1.82, 2.24) is 0 Å². The Morgan fingerprint density at radius 3 is 2.65 bits per heavy atom. The average Bonchev–Trinajstić information content (AvgIpc) is 2.46. The van der Waals surface area contributed by atoms with Crippen LogP contribution in [0.15, 0.2) is 18.2 Å². The molecule has 1 unspecified atom stereocenters. The maximum Gasteiger partial charge on any atom is 0.341 e. The highest BCUT2D eigenvalue weighted by Gasteiger charge is 2.14. The van der Waals surface area contributed by atoms with E-state index >= 15 is 0 Å². The van der Waals surface area contributed by atoms with Gasteiger partial charge >= 0.3 is 5.97 Å². The van der Waals surface area contributed by atoms with Gasteiger partial charge in [-0.3, -0.25) is 0 Å². The smallest absolute Gasteiger partial charge is 0.341 e. The van der Waals surface area contributed by atoms with Crippen LogP contribution in [-0.2, 0) is 4.74 Å². The van der Waals surface area contributed by atoms with Crippen LogP contribution >= 0.6 is 15.9 Å². The molecule has 0 aliphatic carbocycles. The lowest BCUT2D eigenvalue weighted by Crippen LogP contribution is -2.09. The van der Waals surface area contributed by atoms with E-state index in [-0.39, 0.29) is 0 Å². The van der Waals surface area contributed by atoms with Crippen molar-refractivity contribution in [2.45, 2.75) is 19.8 Å². The molecule has 4 nitrogen and oxygen atoms in total. The van der Waals surface area contributed by atoms with Gasteiger partial charge in [-0.25, -0.2) is 4.79 Å². The molecule has 0 N–H and O–H groups in total. The summed E-state index contributed by atoms with van der Waals surface area (Å²) in [4.78, 5) is 11.7. The topological polar surface area (TPSA) is 44.8 Å². The first-order valence-corrected chi connectivity index (χ1v) is 7.69. The first-order valence-electron chi connectivity index (χ1n) is 6.57. The van der Waals surface area contributed by atoms with Crippen molar-refractivity contribution >= 4 is 21.9 Å². The molecule has 1 aromatic rings. The number of esters is 1. The van der Waals surface area contributed by atoms with E-state index in [2.05, 4.69) is 22.9 Å². The number of carbonyl (C=O) groups is 1. The maximum absolute atomic E-state index is 11.7. The van der Waals surface area contributed by atoms with Crippen LogP contribution in [0.25, 0.3) is 0 Å². The molecule has 0 aromatic heterocycles. The van der Waals surface area contributed by atoms with E-state index in [0.29, 0.717) is 29.6 Å². The van der Waals surface area contributed by atoms with E-state index < -0.39 is 5.97 Å². The summed E-state index contributed by atoms with van der Waals surface area (Å²) in [6.07, 6.45) is 2.04. The Balaban J connectivity index is 2.72. The van der Waals surface area contributed by atoms with Crippen LogP contribution in [0.3, 0.4) is 0 Å². The van der Waals surface area contributed by atoms with Crippen LogP contribution in [-0.4, -0.2) is 32.1 Å². The Kier molecular flexibility index (Phi) is 7.44. The van der Waals surface area contributed by atoms with Crippen LogP contribution in [0.2, 0.25) is 0 Å². The molecule has 0 radical (unpaired) electrons. The molecule has 0 saturated carbocycles. The van der Waals surface area contributed by atoms with Gasteiger partial charge in [-0.15, -0.1) is 0 Å². The van der Waals surface area contributed by atoms with E-state index in [1.54, 1.807) is 25.3 Å². The summed E-state index contributed by atoms with van der Waals surface area (Å²) in [5, 5.41) is 0.987. The molecule has 0 spiro atoms. The Morgan fingerprint density at radius 1 is 1.30 bits per heavy atom. The Labute approximate surface area is 128 Å². The first-order chi connectivity index (χ1) is 9.62. The fourth-order valence-electron chi connectivity index (χ4n) is 1.73. The van der Waals surface area contributed by atoms with Crippen molar-refractivity contribution in [3.05, 3.63) is 23.8 Å². The quantitative estimate of drug-likeness (QED) is 0.533. The minimum Gasteiger partial charge on any atom is -0.497 e. The standard InChI is InChI=1S/C15H21BrO4/c1-11(6-8-16)7-9-20-14-10-12(18-2)4-5-13(14)15(17)19-3/h4-5,10-11H,6-9H2,1-3H3. The summed E-state index contributed by atoms with van der Waals surface area (Å²) in [6.45, 7) is 2.74. The number of hydrogen-bond donors (Lipinski definition) is 0. The van der Waals surface area contributed by atoms with Crippen molar-refractivity contribution in [2.75, 3.05) is 26.2 Å². The van der Waals surface area contributed by atoms with Gasteiger partial charge in [0.2, 0.25) is 0 Å². The Hall–Kier alpha value is -1.23. The monoisotopic (exact) mass is 344 g/mol. The van der Waals surface area contributed by atoms with Crippen molar-refractivity contribution in [3.8, 4) is 11.5 Å². The van der Waals surface area contributed by atoms with Gasteiger partial charge in [0.05, 0.1) is 20.8 Å². The SMILES string of the molecule is COC(=O)c1ccc(OC)cc1OCCC(C)CCBr. The predicted octanol–water partition coefficient (Wildman–Crippen LogP) is 3.67. The highest BCUT2D eigenvalue weighted by molar-refractivity contribution is 9.09. The lowest BCUT2D eigenvalue weighted by Gasteiger charge is -2.14. The van der Waals surface area contributed by atoms with Gasteiger partial charge in [-0.1, -0.05) is 22.9 Å². The van der Waals surface area contributed by atoms with E-state index in [1.807, 2.05) is 0 Å². The van der Waals surface area contributed by atoms with Crippen molar-refractivity contribution < 1.29 is 19.0 Å². The van der Waals surface area contributed by atoms with Crippen molar-refractivity contribution in [1.29, 1.82) is 0 Å². The lowest BCUT2D eigenvalue weighted by atomic mass is 10.1. The number of hydrogen-bond acceptors (Lipinski definition) is 4. The molecule has 1 atom stereocenters. The molecule has 112 valence electrons. The molecular weight excluding hydrogens is 324 g/mol. The van der Waals surface area contributed by atoms with Gasteiger partial charge in [0.15, 0.2) is 0 Å². The lowest BCUT2D eigenvalue weighted by molar-refractivity contribution is 0.0595. The number of rotatable bonds is 8. The van der Waals surface area contributed by atoms with Crippen LogP contribution in [0.5, 0.6) is 11.5 Å². The largest absolute Gasteiger partial charge is 0.497 e. The third-order valence-corrected chi connectivity index (χ3v) is 3.52. The molecule has 0 aliphatic rings. The van der Waals surface area contributed by atoms with E-state index in [4.69, 9.17) is 14.2 Å². The van der Waals surface area contributed by atoms with Crippen molar-refractivity contribution in [3.63, 3.8) is 0 Å². The zero-order valence-electron chi connectivity index (χ0n) is 12.1. The predicted molar refractivity (Wildman–Crippen MR) is 82.0 cm³/mol. The summed E-state index contributed by atoms with van der Waals surface area (Å²) >= 11 is 3.43. The second-order valence-corrected chi connectivity index (χ2v) is 5.37. The van der Waals surface area contributed by atoms with Gasteiger partial charge in [0, 0.05) is 11.4 Å². The second-order valence-electron chi connectivity index (χ2n) is 4.57. The van der Waals surface area contributed by atoms with Crippen LogP contribution in [0, 0.1) is 5.92 Å².